The van der Waals surface area contributed by atoms with Crippen molar-refractivity contribution in [3.63, 3.8) is 0 Å². The van der Waals surface area contributed by atoms with Crippen LogP contribution < -0.4 is 5.32 Å². The van der Waals surface area contributed by atoms with Crippen molar-refractivity contribution in [2.75, 3.05) is 32.8 Å². The molecule has 0 amide bonds. The molecule has 0 spiro atoms. The van der Waals surface area contributed by atoms with Crippen molar-refractivity contribution in [3.8, 4) is 0 Å². The van der Waals surface area contributed by atoms with Gasteiger partial charge in [0.05, 0.1) is 12.6 Å². The summed E-state index contributed by atoms with van der Waals surface area (Å²) < 4.78 is 11.2. The molecule has 1 aromatic rings. The monoisotopic (exact) mass is 280 g/mol. The van der Waals surface area contributed by atoms with E-state index in [9.17, 15) is 0 Å². The number of aromatic nitrogens is 2. The van der Waals surface area contributed by atoms with E-state index in [4.69, 9.17) is 9.26 Å². The molecule has 6 nitrogen and oxygen atoms in total. The Bertz CT molecular complexity index is 415. The summed E-state index contributed by atoms with van der Waals surface area (Å²) in [7, 11) is 0. The molecule has 0 radical (unpaired) electrons. The van der Waals surface area contributed by atoms with E-state index < -0.39 is 0 Å². The largest absolute Gasteiger partial charge is 0.367 e. The van der Waals surface area contributed by atoms with Gasteiger partial charge >= 0.3 is 0 Å². The zero-order chi connectivity index (χ0) is 13.8. The van der Waals surface area contributed by atoms with Gasteiger partial charge in [-0.2, -0.15) is 4.98 Å². The molecule has 1 aromatic heterocycles. The van der Waals surface area contributed by atoms with Crippen LogP contribution in [0, 0.1) is 0 Å². The van der Waals surface area contributed by atoms with Crippen LogP contribution in [-0.4, -0.2) is 47.8 Å². The van der Waals surface area contributed by atoms with Gasteiger partial charge in [-0.25, -0.2) is 0 Å². The van der Waals surface area contributed by atoms with Crippen LogP contribution in [0.2, 0.25) is 0 Å². The third-order valence-corrected chi connectivity index (χ3v) is 4.20. The van der Waals surface area contributed by atoms with E-state index in [0.717, 1.165) is 45.1 Å². The molecule has 2 aliphatic heterocycles. The smallest absolute Gasteiger partial charge is 0.243 e. The average molecular weight is 280 g/mol. The van der Waals surface area contributed by atoms with E-state index in [2.05, 4.69) is 27.3 Å². The van der Waals surface area contributed by atoms with Gasteiger partial charge in [-0.15, -0.1) is 0 Å². The van der Waals surface area contributed by atoms with Gasteiger partial charge < -0.3 is 14.6 Å². The third-order valence-electron chi connectivity index (χ3n) is 4.20. The van der Waals surface area contributed by atoms with Gasteiger partial charge in [0.25, 0.3) is 0 Å². The standard InChI is InChI=1S/C14H24N4O2/c1-2-18-8-9-19-12(10-18)13-16-14(20-17-13)11-6-4-3-5-7-15-11/h11-12,15H,2-10H2,1H3. The highest BCUT2D eigenvalue weighted by Crippen LogP contribution is 2.24. The topological polar surface area (TPSA) is 63.4 Å². The number of hydrogen-bond acceptors (Lipinski definition) is 6. The molecule has 3 rings (SSSR count). The molecule has 6 heteroatoms. The minimum atomic E-state index is -0.0491. The van der Waals surface area contributed by atoms with Crippen LogP contribution in [0.1, 0.15) is 56.5 Å². The SMILES string of the molecule is CCN1CCOC(c2noc(C3CCCCCN3)n2)C1. The van der Waals surface area contributed by atoms with E-state index in [0.29, 0.717) is 5.82 Å². The number of rotatable bonds is 3. The Kier molecular flexibility index (Phi) is 4.65. The average Bonchev–Trinajstić information content (AvgIpc) is 2.83. The minimum Gasteiger partial charge on any atom is -0.367 e. The van der Waals surface area contributed by atoms with Crippen molar-refractivity contribution >= 4 is 0 Å². The van der Waals surface area contributed by atoms with E-state index in [-0.39, 0.29) is 12.1 Å². The van der Waals surface area contributed by atoms with Crippen LogP contribution in [0.4, 0.5) is 0 Å². The predicted molar refractivity (Wildman–Crippen MR) is 74.3 cm³/mol. The first-order valence-electron chi connectivity index (χ1n) is 7.77. The van der Waals surface area contributed by atoms with Gasteiger partial charge in [-0.1, -0.05) is 24.9 Å². The zero-order valence-electron chi connectivity index (χ0n) is 12.2. The second kappa shape index (κ2) is 6.65. The highest BCUT2D eigenvalue weighted by molar-refractivity contribution is 4.98. The lowest BCUT2D eigenvalue weighted by Crippen LogP contribution is -2.38. The van der Waals surface area contributed by atoms with Crippen molar-refractivity contribution in [3.05, 3.63) is 11.7 Å². The number of hydrogen-bond donors (Lipinski definition) is 1. The Hall–Kier alpha value is -0.980. The molecule has 2 atom stereocenters. The van der Waals surface area contributed by atoms with Crippen LogP contribution in [0.5, 0.6) is 0 Å². The summed E-state index contributed by atoms with van der Waals surface area (Å²) >= 11 is 0. The van der Waals surface area contributed by atoms with E-state index in [1.165, 1.54) is 19.3 Å². The molecule has 0 aliphatic carbocycles. The maximum absolute atomic E-state index is 5.77. The highest BCUT2D eigenvalue weighted by atomic mass is 16.5. The first-order valence-corrected chi connectivity index (χ1v) is 7.77. The van der Waals surface area contributed by atoms with Gasteiger partial charge in [0.15, 0.2) is 0 Å². The lowest BCUT2D eigenvalue weighted by atomic mass is 10.1. The molecule has 2 saturated heterocycles. The molecule has 0 aromatic carbocycles. The number of nitrogens with zero attached hydrogens (tertiary/aromatic N) is 3. The number of likely N-dealkylation sites (N-methyl/N-ethyl adjacent to an activating group) is 1. The Morgan fingerprint density at radius 2 is 2.30 bits per heavy atom. The molecular formula is C14H24N4O2. The maximum Gasteiger partial charge on any atom is 0.243 e. The van der Waals surface area contributed by atoms with E-state index >= 15 is 0 Å². The number of ether oxygens (including phenoxy) is 1. The second-order valence-corrected chi connectivity index (χ2v) is 5.60. The summed E-state index contributed by atoms with van der Waals surface area (Å²) in [6.07, 6.45) is 4.76. The number of nitrogens with one attached hydrogen (secondary N) is 1. The molecule has 20 heavy (non-hydrogen) atoms. The first kappa shape index (κ1) is 14.0. The molecule has 2 aliphatic rings. The molecule has 0 bridgehead atoms. The van der Waals surface area contributed by atoms with Crippen LogP contribution in [0.25, 0.3) is 0 Å². The van der Waals surface area contributed by atoms with Crippen molar-refractivity contribution < 1.29 is 9.26 Å². The molecule has 2 fully saturated rings. The fourth-order valence-electron chi connectivity index (χ4n) is 2.90. The molecular weight excluding hydrogens is 256 g/mol. The second-order valence-electron chi connectivity index (χ2n) is 5.60. The Morgan fingerprint density at radius 1 is 1.35 bits per heavy atom. The van der Waals surface area contributed by atoms with Crippen LogP contribution in [0.3, 0.4) is 0 Å². The first-order chi connectivity index (χ1) is 9.86. The van der Waals surface area contributed by atoms with Crippen molar-refractivity contribution in [1.82, 2.24) is 20.4 Å². The molecule has 0 saturated carbocycles. The van der Waals surface area contributed by atoms with Gasteiger partial charge in [-0.3, -0.25) is 4.90 Å². The third kappa shape index (κ3) is 3.19. The van der Waals surface area contributed by atoms with Crippen molar-refractivity contribution in [1.29, 1.82) is 0 Å². The summed E-state index contributed by atoms with van der Waals surface area (Å²) in [6, 6.07) is 0.213. The summed E-state index contributed by atoms with van der Waals surface area (Å²) in [6.45, 7) is 6.82. The van der Waals surface area contributed by atoms with Crippen LogP contribution >= 0.6 is 0 Å². The fraction of sp³-hybridized carbons (Fsp3) is 0.857. The summed E-state index contributed by atoms with van der Waals surface area (Å²) in [4.78, 5) is 6.93. The van der Waals surface area contributed by atoms with E-state index in [1.807, 2.05) is 0 Å². The summed E-state index contributed by atoms with van der Waals surface area (Å²) in [5.41, 5.74) is 0. The van der Waals surface area contributed by atoms with Gasteiger partial charge in [0.2, 0.25) is 11.7 Å². The maximum atomic E-state index is 5.77. The summed E-state index contributed by atoms with van der Waals surface area (Å²) in [5, 5.41) is 7.62. The fourth-order valence-corrected chi connectivity index (χ4v) is 2.90. The van der Waals surface area contributed by atoms with Gasteiger partial charge in [0, 0.05) is 13.1 Å². The molecule has 3 heterocycles. The molecule has 1 N–H and O–H groups in total. The predicted octanol–water partition coefficient (Wildman–Crippen LogP) is 1.67. The Balaban J connectivity index is 1.66. The van der Waals surface area contributed by atoms with Crippen molar-refractivity contribution in [2.24, 2.45) is 0 Å². The molecule has 112 valence electrons. The lowest BCUT2D eigenvalue weighted by molar-refractivity contribution is -0.0334. The lowest BCUT2D eigenvalue weighted by Gasteiger charge is -2.30. The normalized spacial score (nSPS) is 29.2. The zero-order valence-corrected chi connectivity index (χ0v) is 12.2. The van der Waals surface area contributed by atoms with E-state index in [1.54, 1.807) is 0 Å². The van der Waals surface area contributed by atoms with Crippen molar-refractivity contribution in [2.45, 2.75) is 44.8 Å². The van der Waals surface area contributed by atoms with Gasteiger partial charge in [-0.05, 0) is 25.9 Å². The quantitative estimate of drug-likeness (QED) is 0.908. The highest BCUT2D eigenvalue weighted by Gasteiger charge is 2.27. The molecule has 2 unspecified atom stereocenters. The van der Waals surface area contributed by atoms with Crippen LogP contribution in [0.15, 0.2) is 4.52 Å². The Labute approximate surface area is 119 Å². The minimum absolute atomic E-state index is 0.0491. The van der Waals surface area contributed by atoms with Gasteiger partial charge in [0.1, 0.15) is 6.10 Å². The Morgan fingerprint density at radius 3 is 3.20 bits per heavy atom. The van der Waals surface area contributed by atoms with Crippen LogP contribution in [-0.2, 0) is 4.74 Å². The summed E-state index contributed by atoms with van der Waals surface area (Å²) in [5.74, 6) is 1.42. The number of morpholine rings is 1.